The molecule has 1 N–H and O–H groups in total. The largest absolute Gasteiger partial charge is 0.507 e. The maximum atomic E-state index is 9.40. The van der Waals surface area contributed by atoms with Crippen LogP contribution in [-0.2, 0) is 6.54 Å². The van der Waals surface area contributed by atoms with Crippen LogP contribution in [0.1, 0.15) is 25.8 Å². The van der Waals surface area contributed by atoms with E-state index in [2.05, 4.69) is 41.7 Å². The van der Waals surface area contributed by atoms with Gasteiger partial charge in [-0.05, 0) is 46.6 Å². The Labute approximate surface area is 106 Å². The highest BCUT2D eigenvalue weighted by Crippen LogP contribution is 2.24. The summed E-state index contributed by atoms with van der Waals surface area (Å²) in [5, 5.41) is 9.40. The lowest BCUT2D eigenvalue weighted by atomic mass is 10.1. The average Bonchev–Trinajstić information content (AvgIpc) is 2.23. The number of hydrogen-bond donors (Lipinski definition) is 1. The second-order valence-corrected chi connectivity index (χ2v) is 5.35. The van der Waals surface area contributed by atoms with Crippen LogP contribution in [-0.4, -0.2) is 23.6 Å². The zero-order valence-electron chi connectivity index (χ0n) is 10.2. The number of nitrogens with zero attached hydrogens (tertiary/aromatic N) is 1. The lowest BCUT2D eigenvalue weighted by molar-refractivity contribution is 0.275. The van der Waals surface area contributed by atoms with E-state index in [1.54, 1.807) is 6.07 Å². The van der Waals surface area contributed by atoms with E-state index in [1.807, 2.05) is 12.1 Å². The Bertz CT molecular complexity index is 341. The standard InChI is InChI=1S/C13H20BrNO/c1-4-10(2)8-15(3)9-11-5-6-13(16)12(14)7-11/h5-7,10,16H,4,8-9H2,1-3H3. The molecule has 90 valence electrons. The molecule has 0 spiro atoms. The highest BCUT2D eigenvalue weighted by Gasteiger charge is 2.06. The first-order valence-electron chi connectivity index (χ1n) is 5.68. The number of phenols is 1. The van der Waals surface area contributed by atoms with Crippen molar-refractivity contribution in [1.29, 1.82) is 0 Å². The number of phenolic OH excluding ortho intramolecular Hbond substituents is 1. The molecule has 0 amide bonds. The summed E-state index contributed by atoms with van der Waals surface area (Å²) in [5.41, 5.74) is 1.22. The second kappa shape index (κ2) is 6.26. The molecule has 1 atom stereocenters. The number of hydrogen-bond acceptors (Lipinski definition) is 2. The van der Waals surface area contributed by atoms with Gasteiger partial charge in [0, 0.05) is 13.1 Å². The summed E-state index contributed by atoms with van der Waals surface area (Å²) in [6.45, 7) is 6.51. The lowest BCUT2D eigenvalue weighted by Gasteiger charge is -2.20. The molecule has 0 aliphatic carbocycles. The van der Waals surface area contributed by atoms with Crippen molar-refractivity contribution < 1.29 is 5.11 Å². The molecule has 1 unspecified atom stereocenters. The van der Waals surface area contributed by atoms with Gasteiger partial charge in [0.2, 0.25) is 0 Å². The zero-order chi connectivity index (χ0) is 12.1. The summed E-state index contributed by atoms with van der Waals surface area (Å²) < 4.78 is 0.766. The molecule has 16 heavy (non-hydrogen) atoms. The van der Waals surface area contributed by atoms with Crippen LogP contribution in [0, 0.1) is 5.92 Å². The molecule has 0 bridgehead atoms. The molecule has 0 aliphatic rings. The Hall–Kier alpha value is -0.540. The van der Waals surface area contributed by atoms with Gasteiger partial charge >= 0.3 is 0 Å². The molecular formula is C13H20BrNO. The van der Waals surface area contributed by atoms with Crippen molar-refractivity contribution in [2.24, 2.45) is 5.92 Å². The summed E-state index contributed by atoms with van der Waals surface area (Å²) in [4.78, 5) is 2.31. The van der Waals surface area contributed by atoms with Gasteiger partial charge in [-0.25, -0.2) is 0 Å². The molecule has 1 rings (SSSR count). The van der Waals surface area contributed by atoms with Crippen molar-refractivity contribution in [2.45, 2.75) is 26.8 Å². The lowest BCUT2D eigenvalue weighted by Crippen LogP contribution is -2.23. The average molecular weight is 286 g/mol. The number of rotatable bonds is 5. The maximum absolute atomic E-state index is 9.40. The van der Waals surface area contributed by atoms with Crippen molar-refractivity contribution in [3.05, 3.63) is 28.2 Å². The summed E-state index contributed by atoms with van der Waals surface area (Å²) >= 11 is 3.33. The Morgan fingerprint density at radius 1 is 1.44 bits per heavy atom. The van der Waals surface area contributed by atoms with Gasteiger partial charge in [0.1, 0.15) is 5.75 Å². The van der Waals surface area contributed by atoms with Crippen LogP contribution in [0.15, 0.2) is 22.7 Å². The fraction of sp³-hybridized carbons (Fsp3) is 0.538. The fourth-order valence-corrected chi connectivity index (χ4v) is 2.11. The predicted molar refractivity (Wildman–Crippen MR) is 71.6 cm³/mol. The molecule has 0 aliphatic heterocycles. The van der Waals surface area contributed by atoms with Gasteiger partial charge in [-0.2, -0.15) is 0 Å². The van der Waals surface area contributed by atoms with Crippen LogP contribution in [0.25, 0.3) is 0 Å². The Kier molecular flexibility index (Phi) is 5.29. The molecule has 1 aromatic rings. The van der Waals surface area contributed by atoms with Crippen LogP contribution >= 0.6 is 15.9 Å². The first-order chi connectivity index (χ1) is 7.52. The summed E-state index contributed by atoms with van der Waals surface area (Å²) in [6.07, 6.45) is 1.21. The van der Waals surface area contributed by atoms with E-state index in [0.29, 0.717) is 5.75 Å². The zero-order valence-corrected chi connectivity index (χ0v) is 11.8. The smallest absolute Gasteiger partial charge is 0.129 e. The van der Waals surface area contributed by atoms with Crippen molar-refractivity contribution in [3.63, 3.8) is 0 Å². The third kappa shape index (κ3) is 4.14. The number of benzene rings is 1. The van der Waals surface area contributed by atoms with Crippen molar-refractivity contribution in [3.8, 4) is 5.75 Å². The highest BCUT2D eigenvalue weighted by atomic mass is 79.9. The molecule has 0 fully saturated rings. The van der Waals surface area contributed by atoms with Crippen molar-refractivity contribution in [2.75, 3.05) is 13.6 Å². The van der Waals surface area contributed by atoms with E-state index in [9.17, 15) is 5.11 Å². The first-order valence-corrected chi connectivity index (χ1v) is 6.48. The third-order valence-electron chi connectivity index (χ3n) is 2.78. The molecule has 0 saturated heterocycles. The third-order valence-corrected chi connectivity index (χ3v) is 3.42. The van der Waals surface area contributed by atoms with Gasteiger partial charge in [0.05, 0.1) is 4.47 Å². The van der Waals surface area contributed by atoms with Crippen LogP contribution in [0.5, 0.6) is 5.75 Å². The quantitative estimate of drug-likeness (QED) is 0.893. The Balaban J connectivity index is 2.56. The molecular weight excluding hydrogens is 266 g/mol. The normalized spacial score (nSPS) is 13.1. The topological polar surface area (TPSA) is 23.5 Å². The molecule has 3 heteroatoms. The van der Waals surface area contributed by atoms with Crippen LogP contribution in [0.3, 0.4) is 0 Å². The monoisotopic (exact) mass is 285 g/mol. The molecule has 1 aromatic carbocycles. The van der Waals surface area contributed by atoms with E-state index >= 15 is 0 Å². The van der Waals surface area contributed by atoms with E-state index in [0.717, 1.165) is 23.5 Å². The molecule has 2 nitrogen and oxygen atoms in total. The van der Waals surface area contributed by atoms with Gasteiger partial charge in [-0.1, -0.05) is 26.3 Å². The van der Waals surface area contributed by atoms with Crippen LogP contribution in [0.4, 0.5) is 0 Å². The Morgan fingerprint density at radius 2 is 2.12 bits per heavy atom. The molecule has 0 aromatic heterocycles. The first kappa shape index (κ1) is 13.5. The predicted octanol–water partition coefficient (Wildman–Crippen LogP) is 3.63. The van der Waals surface area contributed by atoms with Gasteiger partial charge in [-0.3, -0.25) is 0 Å². The Morgan fingerprint density at radius 3 is 2.69 bits per heavy atom. The van der Waals surface area contributed by atoms with E-state index in [-0.39, 0.29) is 0 Å². The van der Waals surface area contributed by atoms with Crippen molar-refractivity contribution in [1.82, 2.24) is 4.90 Å². The van der Waals surface area contributed by atoms with Crippen LogP contribution < -0.4 is 0 Å². The fourth-order valence-electron chi connectivity index (χ4n) is 1.69. The van der Waals surface area contributed by atoms with E-state index in [1.165, 1.54) is 12.0 Å². The summed E-state index contributed by atoms with van der Waals surface area (Å²) in [7, 11) is 2.13. The van der Waals surface area contributed by atoms with E-state index in [4.69, 9.17) is 0 Å². The minimum atomic E-state index is 0.299. The van der Waals surface area contributed by atoms with Gasteiger partial charge in [0.25, 0.3) is 0 Å². The second-order valence-electron chi connectivity index (χ2n) is 4.50. The molecule has 0 saturated carbocycles. The van der Waals surface area contributed by atoms with Crippen molar-refractivity contribution >= 4 is 15.9 Å². The number of aromatic hydroxyl groups is 1. The molecule has 0 radical (unpaired) electrons. The SMILES string of the molecule is CCC(C)CN(C)Cc1ccc(O)c(Br)c1. The minimum absolute atomic E-state index is 0.299. The minimum Gasteiger partial charge on any atom is -0.507 e. The van der Waals surface area contributed by atoms with E-state index < -0.39 is 0 Å². The molecule has 0 heterocycles. The maximum Gasteiger partial charge on any atom is 0.129 e. The van der Waals surface area contributed by atoms with Gasteiger partial charge < -0.3 is 10.0 Å². The van der Waals surface area contributed by atoms with Crippen LogP contribution in [0.2, 0.25) is 0 Å². The highest BCUT2D eigenvalue weighted by molar-refractivity contribution is 9.10. The summed E-state index contributed by atoms with van der Waals surface area (Å²) in [6, 6.07) is 5.67. The van der Waals surface area contributed by atoms with Gasteiger partial charge in [-0.15, -0.1) is 0 Å². The van der Waals surface area contributed by atoms with Gasteiger partial charge in [0.15, 0.2) is 0 Å². The summed E-state index contributed by atoms with van der Waals surface area (Å²) in [5.74, 6) is 1.03. The number of halogens is 1.